The minimum absolute atomic E-state index is 0.215. The molecular formula is C13H15BrN2O. The Bertz CT molecular complexity index is 442. The quantitative estimate of drug-likeness (QED) is 0.799. The molecule has 17 heavy (non-hydrogen) atoms. The molecule has 90 valence electrons. The van der Waals surface area contributed by atoms with Crippen LogP contribution in [-0.4, -0.2) is 25.8 Å². The van der Waals surface area contributed by atoms with Crippen molar-refractivity contribution in [1.82, 2.24) is 0 Å². The smallest absolute Gasteiger partial charge is 0.101 e. The van der Waals surface area contributed by atoms with Gasteiger partial charge >= 0.3 is 0 Å². The van der Waals surface area contributed by atoms with Crippen molar-refractivity contribution in [3.05, 3.63) is 28.2 Å². The van der Waals surface area contributed by atoms with Gasteiger partial charge < -0.3 is 9.64 Å². The van der Waals surface area contributed by atoms with Gasteiger partial charge in [-0.25, -0.2) is 0 Å². The molecule has 1 aromatic rings. The minimum atomic E-state index is 0.215. The number of nitrogens with zero attached hydrogens (tertiary/aromatic N) is 2. The van der Waals surface area contributed by atoms with Crippen molar-refractivity contribution in [3.8, 4) is 6.07 Å². The molecule has 3 nitrogen and oxygen atoms in total. The summed E-state index contributed by atoms with van der Waals surface area (Å²) in [7, 11) is 0. The molecule has 0 saturated carbocycles. The Kier molecular flexibility index (Phi) is 4.03. The van der Waals surface area contributed by atoms with Gasteiger partial charge in [-0.1, -0.05) is 15.9 Å². The molecule has 0 aromatic heterocycles. The van der Waals surface area contributed by atoms with Crippen molar-refractivity contribution >= 4 is 21.6 Å². The molecule has 0 N–H and O–H groups in total. The van der Waals surface area contributed by atoms with Gasteiger partial charge in [0.15, 0.2) is 0 Å². The summed E-state index contributed by atoms with van der Waals surface area (Å²) in [6.45, 7) is 4.66. The van der Waals surface area contributed by atoms with Crippen LogP contribution in [0.25, 0.3) is 0 Å². The van der Waals surface area contributed by atoms with Crippen molar-refractivity contribution in [2.75, 3.05) is 24.6 Å². The number of nitriles is 1. The molecule has 2 rings (SSSR count). The largest absolute Gasteiger partial charge is 0.377 e. The van der Waals surface area contributed by atoms with Crippen LogP contribution in [0.2, 0.25) is 0 Å². The van der Waals surface area contributed by atoms with Crippen LogP contribution in [0, 0.1) is 11.3 Å². The van der Waals surface area contributed by atoms with E-state index >= 15 is 0 Å². The number of rotatable bonds is 1. The van der Waals surface area contributed by atoms with Crippen molar-refractivity contribution in [2.24, 2.45) is 0 Å². The fourth-order valence-electron chi connectivity index (χ4n) is 2.09. The van der Waals surface area contributed by atoms with E-state index in [9.17, 15) is 5.26 Å². The maximum absolute atomic E-state index is 9.18. The molecule has 1 aromatic carbocycles. The lowest BCUT2D eigenvalue weighted by Gasteiger charge is -2.25. The van der Waals surface area contributed by atoms with Gasteiger partial charge in [0.05, 0.1) is 17.4 Å². The lowest BCUT2D eigenvalue weighted by Crippen LogP contribution is -2.30. The first-order valence-electron chi connectivity index (χ1n) is 5.77. The summed E-state index contributed by atoms with van der Waals surface area (Å²) >= 11 is 3.39. The first kappa shape index (κ1) is 12.4. The van der Waals surface area contributed by atoms with Gasteiger partial charge in [0.1, 0.15) is 6.07 Å². The Morgan fingerprint density at radius 1 is 1.53 bits per heavy atom. The fraction of sp³-hybridized carbons (Fsp3) is 0.462. The second-order valence-corrected chi connectivity index (χ2v) is 5.17. The summed E-state index contributed by atoms with van der Waals surface area (Å²) in [5.74, 6) is 0. The highest BCUT2D eigenvalue weighted by Crippen LogP contribution is 2.25. The van der Waals surface area contributed by atoms with Crippen LogP contribution in [0.1, 0.15) is 18.9 Å². The zero-order chi connectivity index (χ0) is 12.3. The van der Waals surface area contributed by atoms with Crippen LogP contribution in [0.15, 0.2) is 22.7 Å². The van der Waals surface area contributed by atoms with Crippen LogP contribution < -0.4 is 4.90 Å². The number of ether oxygens (including phenoxy) is 1. The highest BCUT2D eigenvalue weighted by atomic mass is 79.9. The molecule has 0 amide bonds. The van der Waals surface area contributed by atoms with Gasteiger partial charge in [-0.3, -0.25) is 0 Å². The van der Waals surface area contributed by atoms with E-state index in [2.05, 4.69) is 33.8 Å². The normalized spacial score (nSPS) is 20.8. The standard InChI is InChI=1S/C13H15BrN2O/c1-10-9-16(5-2-6-17-10)13-4-3-12(14)7-11(13)8-15/h3-4,7,10H,2,5-6,9H2,1H3. The molecule has 1 aliphatic heterocycles. The van der Waals surface area contributed by atoms with Crippen LogP contribution >= 0.6 is 15.9 Å². The van der Waals surface area contributed by atoms with Crippen molar-refractivity contribution in [1.29, 1.82) is 5.26 Å². The molecule has 1 fully saturated rings. The summed E-state index contributed by atoms with van der Waals surface area (Å²) in [5.41, 5.74) is 1.72. The van der Waals surface area contributed by atoms with Crippen molar-refractivity contribution in [3.63, 3.8) is 0 Å². The summed E-state index contributed by atoms with van der Waals surface area (Å²) in [5, 5.41) is 9.18. The van der Waals surface area contributed by atoms with E-state index in [1.807, 2.05) is 18.2 Å². The van der Waals surface area contributed by atoms with Crippen LogP contribution in [-0.2, 0) is 4.74 Å². The Morgan fingerprint density at radius 3 is 3.12 bits per heavy atom. The molecule has 1 unspecified atom stereocenters. The van der Waals surface area contributed by atoms with E-state index in [1.54, 1.807) is 0 Å². The molecule has 0 aliphatic carbocycles. The summed E-state index contributed by atoms with van der Waals surface area (Å²) in [6.07, 6.45) is 1.22. The number of hydrogen-bond donors (Lipinski definition) is 0. The molecule has 1 heterocycles. The third-order valence-corrected chi connectivity index (χ3v) is 3.37. The van der Waals surface area contributed by atoms with Crippen LogP contribution in [0.4, 0.5) is 5.69 Å². The van der Waals surface area contributed by atoms with E-state index in [0.29, 0.717) is 5.56 Å². The SMILES string of the molecule is CC1CN(c2ccc(Br)cc2C#N)CCCO1. The molecule has 0 spiro atoms. The number of anilines is 1. The highest BCUT2D eigenvalue weighted by molar-refractivity contribution is 9.10. The molecule has 1 atom stereocenters. The van der Waals surface area contributed by atoms with Gasteiger partial charge in [-0.2, -0.15) is 5.26 Å². The summed E-state index contributed by atoms with van der Waals surface area (Å²) in [4.78, 5) is 2.24. The molecule has 4 heteroatoms. The Hall–Kier alpha value is -1.05. The lowest BCUT2D eigenvalue weighted by molar-refractivity contribution is 0.0821. The van der Waals surface area contributed by atoms with Gasteiger partial charge in [-0.15, -0.1) is 0 Å². The van der Waals surface area contributed by atoms with Crippen LogP contribution in [0.3, 0.4) is 0 Å². The second-order valence-electron chi connectivity index (χ2n) is 4.25. The average Bonchev–Trinajstić information content (AvgIpc) is 2.53. The van der Waals surface area contributed by atoms with Crippen molar-refractivity contribution in [2.45, 2.75) is 19.4 Å². The third-order valence-electron chi connectivity index (χ3n) is 2.87. The zero-order valence-electron chi connectivity index (χ0n) is 9.82. The van der Waals surface area contributed by atoms with Gasteiger partial charge in [0, 0.05) is 24.2 Å². The summed E-state index contributed by atoms with van der Waals surface area (Å²) in [6, 6.07) is 8.10. The Balaban J connectivity index is 2.29. The molecule has 1 saturated heterocycles. The topological polar surface area (TPSA) is 36.3 Å². The maximum atomic E-state index is 9.18. The van der Waals surface area contributed by atoms with E-state index in [0.717, 1.165) is 36.3 Å². The van der Waals surface area contributed by atoms with E-state index in [1.165, 1.54) is 0 Å². The number of halogens is 1. The fourth-order valence-corrected chi connectivity index (χ4v) is 2.45. The maximum Gasteiger partial charge on any atom is 0.101 e. The summed E-state index contributed by atoms with van der Waals surface area (Å²) < 4.78 is 6.56. The second kappa shape index (κ2) is 5.52. The number of benzene rings is 1. The Morgan fingerprint density at radius 2 is 2.35 bits per heavy atom. The highest BCUT2D eigenvalue weighted by Gasteiger charge is 2.17. The minimum Gasteiger partial charge on any atom is -0.377 e. The Labute approximate surface area is 110 Å². The first-order chi connectivity index (χ1) is 8.20. The van der Waals surface area contributed by atoms with E-state index in [-0.39, 0.29) is 6.10 Å². The molecule has 1 aliphatic rings. The molecular weight excluding hydrogens is 280 g/mol. The van der Waals surface area contributed by atoms with E-state index < -0.39 is 0 Å². The van der Waals surface area contributed by atoms with Gasteiger partial charge in [0.25, 0.3) is 0 Å². The van der Waals surface area contributed by atoms with Crippen molar-refractivity contribution < 1.29 is 4.74 Å². The number of hydrogen-bond acceptors (Lipinski definition) is 3. The lowest BCUT2D eigenvalue weighted by atomic mass is 10.1. The predicted octanol–water partition coefficient (Wildman–Crippen LogP) is 2.94. The van der Waals surface area contributed by atoms with E-state index in [4.69, 9.17) is 4.74 Å². The molecule has 0 bridgehead atoms. The average molecular weight is 295 g/mol. The van der Waals surface area contributed by atoms with Gasteiger partial charge in [-0.05, 0) is 31.5 Å². The van der Waals surface area contributed by atoms with Gasteiger partial charge in [0.2, 0.25) is 0 Å². The monoisotopic (exact) mass is 294 g/mol. The van der Waals surface area contributed by atoms with Crippen LogP contribution in [0.5, 0.6) is 0 Å². The predicted molar refractivity (Wildman–Crippen MR) is 71.1 cm³/mol. The first-order valence-corrected chi connectivity index (χ1v) is 6.56. The third kappa shape index (κ3) is 2.99. The molecule has 0 radical (unpaired) electrons. The zero-order valence-corrected chi connectivity index (χ0v) is 11.4.